The zero-order valence-corrected chi connectivity index (χ0v) is 17.8. The summed E-state index contributed by atoms with van der Waals surface area (Å²) in [6.45, 7) is 3.48. The van der Waals surface area contributed by atoms with E-state index in [2.05, 4.69) is 22.5 Å². The normalized spacial score (nSPS) is 14.8. The average molecular weight is 399 g/mol. The summed E-state index contributed by atoms with van der Waals surface area (Å²) in [5.74, 6) is 0.0915. The van der Waals surface area contributed by atoms with Crippen LogP contribution < -0.4 is 0 Å². The Hall–Kier alpha value is -2.10. The highest BCUT2D eigenvalue weighted by molar-refractivity contribution is 5.76. The third kappa shape index (κ3) is 6.45. The van der Waals surface area contributed by atoms with Crippen LogP contribution in [0.3, 0.4) is 0 Å². The van der Waals surface area contributed by atoms with Gasteiger partial charge in [-0.1, -0.05) is 57.6 Å². The fourth-order valence-electron chi connectivity index (χ4n) is 4.41. The van der Waals surface area contributed by atoms with Crippen LogP contribution in [0.4, 0.5) is 4.39 Å². The number of hydrogen-bond acceptors (Lipinski definition) is 1. The molecule has 0 N–H and O–H groups in total. The topological polar surface area (TPSA) is 25.2 Å². The second-order valence-electron chi connectivity index (χ2n) is 8.38. The fourth-order valence-corrected chi connectivity index (χ4v) is 4.41. The van der Waals surface area contributed by atoms with Crippen LogP contribution in [0.1, 0.15) is 82.4 Å². The van der Waals surface area contributed by atoms with Crippen molar-refractivity contribution in [2.24, 2.45) is 0 Å². The lowest BCUT2D eigenvalue weighted by atomic mass is 9.93. The molecule has 0 saturated heterocycles. The molecule has 158 valence electrons. The first-order chi connectivity index (χ1) is 14.2. The van der Waals surface area contributed by atoms with Gasteiger partial charge in [-0.15, -0.1) is 0 Å². The molecule has 1 aliphatic rings. The number of amides is 1. The maximum absolute atomic E-state index is 13.6. The zero-order valence-electron chi connectivity index (χ0n) is 17.8. The number of nitrogens with zero attached hydrogens (tertiary/aromatic N) is 2. The molecule has 4 heteroatoms. The van der Waals surface area contributed by atoms with Crippen LogP contribution in [-0.2, 0) is 17.9 Å². The highest BCUT2D eigenvalue weighted by Crippen LogP contribution is 2.25. The van der Waals surface area contributed by atoms with Crippen LogP contribution in [-0.4, -0.2) is 21.4 Å². The number of halogens is 1. The Balaban J connectivity index is 1.70. The van der Waals surface area contributed by atoms with Crippen LogP contribution >= 0.6 is 0 Å². The van der Waals surface area contributed by atoms with Crippen LogP contribution in [0.5, 0.6) is 0 Å². The van der Waals surface area contributed by atoms with Crippen molar-refractivity contribution in [1.82, 2.24) is 9.47 Å². The number of rotatable bonds is 10. The zero-order chi connectivity index (χ0) is 20.5. The van der Waals surface area contributed by atoms with Gasteiger partial charge in [0, 0.05) is 30.9 Å². The average Bonchev–Trinajstić information content (AvgIpc) is 3.16. The maximum atomic E-state index is 13.6. The van der Waals surface area contributed by atoms with Crippen LogP contribution in [0.2, 0.25) is 0 Å². The van der Waals surface area contributed by atoms with E-state index in [1.165, 1.54) is 38.2 Å². The lowest BCUT2D eigenvalue weighted by Crippen LogP contribution is -2.41. The van der Waals surface area contributed by atoms with Gasteiger partial charge in [0.05, 0.1) is 6.54 Å². The Morgan fingerprint density at radius 2 is 1.93 bits per heavy atom. The molecule has 2 aromatic rings. The first-order valence-electron chi connectivity index (χ1n) is 11.4. The number of aromatic nitrogens is 1. The Morgan fingerprint density at radius 1 is 1.10 bits per heavy atom. The Morgan fingerprint density at radius 3 is 2.69 bits per heavy atom. The predicted molar refractivity (Wildman–Crippen MR) is 116 cm³/mol. The van der Waals surface area contributed by atoms with Crippen molar-refractivity contribution in [2.75, 3.05) is 0 Å². The molecular weight excluding hydrogens is 363 g/mol. The highest BCUT2D eigenvalue weighted by atomic mass is 19.1. The third-order valence-electron chi connectivity index (χ3n) is 6.08. The van der Waals surface area contributed by atoms with Gasteiger partial charge in [0.25, 0.3) is 0 Å². The molecule has 1 fully saturated rings. The molecule has 3 nitrogen and oxygen atoms in total. The number of hydrogen-bond donors (Lipinski definition) is 0. The van der Waals surface area contributed by atoms with Gasteiger partial charge in [0.2, 0.25) is 5.91 Å². The lowest BCUT2D eigenvalue weighted by molar-refractivity contribution is -0.135. The molecule has 0 radical (unpaired) electrons. The number of unbranched alkanes of at least 4 members (excludes halogenated alkanes) is 3. The molecule has 0 aliphatic heterocycles. The molecule has 1 aromatic carbocycles. The predicted octanol–water partition coefficient (Wildman–Crippen LogP) is 6.31. The van der Waals surface area contributed by atoms with Gasteiger partial charge >= 0.3 is 0 Å². The molecule has 1 amide bonds. The van der Waals surface area contributed by atoms with E-state index in [1.807, 2.05) is 18.3 Å². The number of benzene rings is 1. The van der Waals surface area contributed by atoms with Gasteiger partial charge < -0.3 is 9.47 Å². The number of carbonyl (C=O) groups excluding carboxylic acids is 1. The number of carbonyl (C=O) groups is 1. The Bertz CT molecular complexity index is 764. The monoisotopic (exact) mass is 398 g/mol. The van der Waals surface area contributed by atoms with Crippen LogP contribution in [0, 0.1) is 5.82 Å². The molecule has 0 bridgehead atoms. The van der Waals surface area contributed by atoms with Gasteiger partial charge in [-0.05, 0) is 49.1 Å². The van der Waals surface area contributed by atoms with Crippen molar-refractivity contribution in [3.8, 4) is 0 Å². The van der Waals surface area contributed by atoms with Crippen LogP contribution in [0.15, 0.2) is 42.6 Å². The van der Waals surface area contributed by atoms with E-state index in [0.29, 0.717) is 31.5 Å². The van der Waals surface area contributed by atoms with Crippen molar-refractivity contribution in [1.29, 1.82) is 0 Å². The summed E-state index contributed by atoms with van der Waals surface area (Å²) < 4.78 is 15.7. The fraction of sp³-hybridized carbons (Fsp3) is 0.560. The van der Waals surface area contributed by atoms with Gasteiger partial charge in [-0.25, -0.2) is 4.39 Å². The first-order valence-corrected chi connectivity index (χ1v) is 11.4. The van der Waals surface area contributed by atoms with Crippen LogP contribution in [0.25, 0.3) is 0 Å². The quantitative estimate of drug-likeness (QED) is 0.431. The molecule has 1 heterocycles. The van der Waals surface area contributed by atoms with Crippen molar-refractivity contribution < 1.29 is 9.18 Å². The molecule has 0 spiro atoms. The summed E-state index contributed by atoms with van der Waals surface area (Å²) >= 11 is 0. The smallest absolute Gasteiger partial charge is 0.223 e. The minimum Gasteiger partial charge on any atom is -0.345 e. The maximum Gasteiger partial charge on any atom is 0.223 e. The van der Waals surface area contributed by atoms with E-state index in [-0.39, 0.29) is 5.82 Å². The van der Waals surface area contributed by atoms with Gasteiger partial charge in [-0.3, -0.25) is 4.79 Å². The second kappa shape index (κ2) is 11.2. The molecule has 3 rings (SSSR count). The van der Waals surface area contributed by atoms with Gasteiger partial charge in [0.1, 0.15) is 5.82 Å². The van der Waals surface area contributed by atoms with E-state index in [9.17, 15) is 9.18 Å². The second-order valence-corrected chi connectivity index (χ2v) is 8.38. The summed E-state index contributed by atoms with van der Waals surface area (Å²) in [4.78, 5) is 15.3. The molecule has 1 aromatic heterocycles. The Kier molecular flexibility index (Phi) is 8.33. The molecule has 1 saturated carbocycles. The third-order valence-corrected chi connectivity index (χ3v) is 6.08. The molecule has 1 aliphatic carbocycles. The van der Waals surface area contributed by atoms with Crippen molar-refractivity contribution in [3.63, 3.8) is 0 Å². The summed E-state index contributed by atoms with van der Waals surface area (Å²) in [7, 11) is 0. The van der Waals surface area contributed by atoms with Crippen molar-refractivity contribution in [3.05, 3.63) is 59.7 Å². The van der Waals surface area contributed by atoms with E-state index >= 15 is 0 Å². The van der Waals surface area contributed by atoms with E-state index in [4.69, 9.17) is 0 Å². The van der Waals surface area contributed by atoms with E-state index in [0.717, 1.165) is 36.9 Å². The van der Waals surface area contributed by atoms with Gasteiger partial charge in [0.15, 0.2) is 0 Å². The minimum atomic E-state index is -0.206. The van der Waals surface area contributed by atoms with E-state index < -0.39 is 0 Å². The largest absolute Gasteiger partial charge is 0.345 e. The van der Waals surface area contributed by atoms with E-state index in [1.54, 1.807) is 12.1 Å². The summed E-state index contributed by atoms with van der Waals surface area (Å²) in [6.07, 6.45) is 13.1. The standard InChI is InChI=1S/C25H35FN2O/c1-2-3-4-8-16-25(29)28(23-13-6-5-7-14-23)20-24-15-10-17-27(24)19-21-11-9-12-22(26)18-21/h9-12,15,17-18,23H,2-8,13-14,16,19-20H2,1H3. The molecule has 0 atom stereocenters. The molecule has 29 heavy (non-hydrogen) atoms. The Labute approximate surface area is 174 Å². The first kappa shape index (κ1) is 21.6. The lowest BCUT2D eigenvalue weighted by Gasteiger charge is -2.35. The summed E-state index contributed by atoms with van der Waals surface area (Å²) in [5, 5.41) is 0. The SMILES string of the molecule is CCCCCCC(=O)N(Cc1cccn1Cc1cccc(F)c1)C1CCCCC1. The highest BCUT2D eigenvalue weighted by Gasteiger charge is 2.26. The molecular formula is C25H35FN2O. The summed E-state index contributed by atoms with van der Waals surface area (Å²) in [5.41, 5.74) is 2.07. The van der Waals surface area contributed by atoms with Crippen molar-refractivity contribution in [2.45, 2.75) is 90.3 Å². The minimum absolute atomic E-state index is 0.206. The van der Waals surface area contributed by atoms with Crippen molar-refractivity contribution >= 4 is 5.91 Å². The van der Waals surface area contributed by atoms with Gasteiger partial charge in [-0.2, -0.15) is 0 Å². The molecule has 0 unspecified atom stereocenters. The summed E-state index contributed by atoms with van der Waals surface area (Å²) in [6, 6.07) is 11.2.